The van der Waals surface area contributed by atoms with E-state index in [-0.39, 0.29) is 59.7 Å². The van der Waals surface area contributed by atoms with Gasteiger partial charge in [0.1, 0.15) is 11.6 Å². The topological polar surface area (TPSA) is 116 Å². The van der Waals surface area contributed by atoms with Crippen LogP contribution in [0.2, 0.25) is 0 Å². The molecule has 2 amide bonds. The number of aliphatic hydroxyl groups is 1. The summed E-state index contributed by atoms with van der Waals surface area (Å²) in [6.45, 7) is 14.3. The fraction of sp³-hybridized carbons (Fsp3) is 0.686. The average molecular weight is 1090 g/mol. The molecule has 0 aromatic heterocycles. The highest BCUT2D eigenvalue weighted by Crippen LogP contribution is 2.41. The third-order valence-corrected chi connectivity index (χ3v) is 12.4. The van der Waals surface area contributed by atoms with Crippen molar-refractivity contribution < 1.29 is 52.7 Å². The predicted octanol–water partition coefficient (Wildman–Crippen LogP) is 6.73. The van der Waals surface area contributed by atoms with E-state index in [9.17, 15) is 19.2 Å². The van der Waals surface area contributed by atoms with E-state index in [1.165, 1.54) is 12.8 Å². The zero-order valence-electron chi connectivity index (χ0n) is 40.8. The Balaban J connectivity index is 0.00000110. The van der Waals surface area contributed by atoms with Crippen LogP contribution in [0.3, 0.4) is 0 Å². The van der Waals surface area contributed by atoms with Crippen molar-refractivity contribution in [2.45, 2.75) is 118 Å². The Kier molecular flexibility index (Phi) is 30.9. The van der Waals surface area contributed by atoms with Gasteiger partial charge in [-0.15, -0.1) is 0 Å². The van der Waals surface area contributed by atoms with Crippen molar-refractivity contribution in [3.8, 4) is 0 Å². The Morgan fingerprint density at radius 3 is 1.34 bits per heavy atom. The van der Waals surface area contributed by atoms with Crippen molar-refractivity contribution in [3.63, 3.8) is 0 Å². The van der Waals surface area contributed by atoms with E-state index in [1.807, 2.05) is 106 Å². The number of amides is 2. The molecule has 4 rings (SSSR count). The smallest absolute Gasteiger partial charge is 0.275 e. The third-order valence-electron chi connectivity index (χ3n) is 12.4. The second kappa shape index (κ2) is 31.9. The molecule has 0 spiro atoms. The Labute approximate surface area is 408 Å². The number of benzene rings is 2. The van der Waals surface area contributed by atoms with Gasteiger partial charge in [-0.05, 0) is 104 Å². The van der Waals surface area contributed by atoms with Gasteiger partial charge in [-0.1, -0.05) is 138 Å². The molecule has 0 unspecified atom stereocenters. The molecule has 2 aliphatic carbocycles. The van der Waals surface area contributed by atoms with Crippen molar-refractivity contribution >= 4 is 46.0 Å². The Morgan fingerprint density at radius 1 is 0.661 bits per heavy atom. The van der Waals surface area contributed by atoms with Gasteiger partial charge in [-0.25, -0.2) is 0 Å². The highest BCUT2D eigenvalue weighted by Gasteiger charge is 2.36. The summed E-state index contributed by atoms with van der Waals surface area (Å²) in [4.78, 5) is 55.1. The van der Waals surface area contributed by atoms with Crippen LogP contribution in [0.4, 0.5) is 0 Å². The number of carbonyl (C=O) groups excluding carboxylic acids is 4. The van der Waals surface area contributed by atoms with Gasteiger partial charge in [-0.3, -0.25) is 19.2 Å². The highest BCUT2D eigenvalue weighted by atomic mass is 127. The van der Waals surface area contributed by atoms with Crippen LogP contribution in [0.5, 0.6) is 0 Å². The summed E-state index contributed by atoms with van der Waals surface area (Å²) >= 11 is 2.15. The van der Waals surface area contributed by atoms with Crippen molar-refractivity contribution in [1.82, 2.24) is 15.5 Å². The molecule has 9 nitrogen and oxygen atoms in total. The van der Waals surface area contributed by atoms with Gasteiger partial charge >= 0.3 is 0 Å². The molecule has 2 fully saturated rings. The number of halogens is 2. The van der Waals surface area contributed by atoms with Crippen LogP contribution >= 0.6 is 22.6 Å². The molecule has 0 aliphatic heterocycles. The van der Waals surface area contributed by atoms with E-state index < -0.39 is 0 Å². The summed E-state index contributed by atoms with van der Waals surface area (Å²) in [5.41, 5.74) is 2.15. The molecule has 2 saturated carbocycles. The maximum Gasteiger partial charge on any atom is 0.275 e. The van der Waals surface area contributed by atoms with E-state index in [4.69, 9.17) is 5.11 Å². The lowest BCUT2D eigenvalue weighted by atomic mass is 9.68. The van der Waals surface area contributed by atoms with Gasteiger partial charge < -0.3 is 49.1 Å². The summed E-state index contributed by atoms with van der Waals surface area (Å²) in [5.74, 6) is 4.52. The normalized spacial score (nSPS) is 21.9. The molecule has 0 bridgehead atoms. The number of likely N-dealkylation sites (N-methyl/N-ethyl adjacent to an activating group) is 2. The molecule has 0 radical (unpaired) electrons. The number of carbonyl (C=O) groups is 4. The first-order valence-corrected chi connectivity index (χ1v) is 25.0. The first-order valence-electron chi connectivity index (χ1n) is 22.9. The van der Waals surface area contributed by atoms with Gasteiger partial charge in [-0.2, -0.15) is 0 Å². The molecular weight excluding hydrogens is 1000 g/mol. The fourth-order valence-corrected chi connectivity index (χ4v) is 9.30. The monoisotopic (exact) mass is 1090 g/mol. The zero-order chi connectivity index (χ0) is 46.3. The first-order chi connectivity index (χ1) is 28.8. The lowest BCUT2D eigenvalue weighted by molar-refractivity contribution is -0.862. The first kappa shape index (κ1) is 60.1. The predicted molar refractivity (Wildman–Crippen MR) is 262 cm³/mol. The zero-order valence-corrected chi connectivity index (χ0v) is 45.1. The summed E-state index contributed by atoms with van der Waals surface area (Å²) in [7, 11) is 10.8. The molecule has 2 aliphatic rings. The minimum Gasteiger partial charge on any atom is -1.00 e. The van der Waals surface area contributed by atoms with Crippen LogP contribution in [0.15, 0.2) is 60.7 Å². The van der Waals surface area contributed by atoms with E-state index >= 15 is 0 Å². The van der Waals surface area contributed by atoms with Crippen molar-refractivity contribution in [3.05, 3.63) is 71.8 Å². The summed E-state index contributed by atoms with van der Waals surface area (Å²) in [6.07, 6.45) is 9.23. The number of alkyl halides is 1. The molecule has 354 valence electrons. The molecule has 0 heterocycles. The fourth-order valence-electron chi connectivity index (χ4n) is 9.30. The number of hydrogen-bond acceptors (Lipinski definition) is 6. The van der Waals surface area contributed by atoms with Crippen molar-refractivity contribution in [2.75, 3.05) is 60.4 Å². The van der Waals surface area contributed by atoms with Gasteiger partial charge in [0.25, 0.3) is 5.91 Å². The second-order valence-corrected chi connectivity index (χ2v) is 19.6. The molecular formula is C51H86I2N4O5. The molecule has 2 aromatic carbocycles. The van der Waals surface area contributed by atoms with Crippen molar-refractivity contribution in [2.24, 2.45) is 47.3 Å². The average Bonchev–Trinajstić information content (AvgIpc) is 3.21. The molecule has 2 aromatic rings. The third kappa shape index (κ3) is 22.8. The maximum atomic E-state index is 13.2. The summed E-state index contributed by atoms with van der Waals surface area (Å²) in [5, 5.41) is 13.3. The Bertz CT molecular complexity index is 1540. The molecule has 0 saturated heterocycles. The molecule has 11 heteroatoms. The lowest BCUT2D eigenvalue weighted by Gasteiger charge is -2.36. The summed E-state index contributed by atoms with van der Waals surface area (Å²) in [6, 6.07) is 19.8. The van der Waals surface area contributed by atoms with E-state index in [1.54, 1.807) is 0 Å². The second-order valence-electron chi connectivity index (χ2n) is 19.6. The van der Waals surface area contributed by atoms with Gasteiger partial charge in [0.15, 0.2) is 6.54 Å². The van der Waals surface area contributed by atoms with Gasteiger partial charge in [0.05, 0.1) is 39.8 Å². The Morgan fingerprint density at radius 2 is 1.02 bits per heavy atom. The number of nitrogens with zero attached hydrogens (tertiary/aromatic N) is 2. The van der Waals surface area contributed by atoms with Crippen LogP contribution in [0.1, 0.15) is 129 Å². The van der Waals surface area contributed by atoms with Crippen LogP contribution in [0.25, 0.3) is 0 Å². The van der Waals surface area contributed by atoms with Crippen LogP contribution in [-0.2, 0) is 19.2 Å². The quantitative estimate of drug-likeness (QED) is 0.0867. The van der Waals surface area contributed by atoms with Crippen molar-refractivity contribution in [1.29, 1.82) is 0 Å². The van der Waals surface area contributed by atoms with Crippen LogP contribution in [-0.4, -0.2) is 98.2 Å². The number of rotatable bonds is 18. The van der Waals surface area contributed by atoms with Crippen LogP contribution in [0, 0.1) is 47.3 Å². The molecule has 3 N–H and O–H groups in total. The number of ketones is 2. The Hall–Kier alpha value is -1.94. The van der Waals surface area contributed by atoms with E-state index in [0.717, 1.165) is 43.9 Å². The molecule has 8 atom stereocenters. The number of aliphatic hydroxyl groups excluding tert-OH is 1. The highest BCUT2D eigenvalue weighted by molar-refractivity contribution is 14.1. The van der Waals surface area contributed by atoms with E-state index in [2.05, 4.69) is 74.8 Å². The van der Waals surface area contributed by atoms with Gasteiger partial charge in [0.2, 0.25) is 5.91 Å². The number of hydrogen-bond donors (Lipinski definition) is 3. The minimum atomic E-state index is -0.115. The van der Waals surface area contributed by atoms with Gasteiger partial charge in [0, 0.05) is 31.8 Å². The van der Waals surface area contributed by atoms with Crippen LogP contribution < -0.4 is 34.6 Å². The SMILES string of the molecule is CC(C)[C@@H]1CC[C@@H](C)C[C@H]1C(=O)CC[C@@H](NC(=O)CN(C)C)c1ccccc1.CC(C)[C@@H]1CC[C@@H](C)C[C@H]1C(=O)CC[C@@H](NC(=O)C[N+](C)(C)C)c1ccccc1.CI.CO.[I-]. The lowest BCUT2D eigenvalue weighted by Crippen LogP contribution is -3.00. The number of quaternary nitrogens is 1. The maximum absolute atomic E-state index is 13.2. The largest absolute Gasteiger partial charge is 1.00 e. The molecule has 62 heavy (non-hydrogen) atoms. The van der Waals surface area contributed by atoms with E-state index in [0.29, 0.717) is 90.3 Å². The summed E-state index contributed by atoms with van der Waals surface area (Å²) < 4.78 is 0.586. The minimum absolute atomic E-state index is 0. The number of Topliss-reactive ketones (excluding diaryl/α,β-unsaturated/α-hetero) is 2. The number of nitrogens with one attached hydrogen (secondary N) is 2. The standard InChI is InChI=1S/C25H40N2O2.C24H38N2O2.CH3I.CH4O.HI/c1-18(2)21-13-12-19(3)16-22(21)24(28)15-14-23(20-10-8-7-9-11-20)26-25(29)17-27(4,5)6;1-17(2)20-12-11-18(3)15-21(20)23(27)14-13-22(19-9-7-6-8-10-19)25-24(28)16-26(4)5;2*1-2;/h7-11,18-19,21-23H,12-17H2,1-6H3;6-10,17-18,20-22H,11-16H2,1-5H3,(H,25,28);1H3;2H,1H3;1H/t19-,21+,22-,23-;18-,20+,21-,22-;;;/m11.../s1.